The first-order chi connectivity index (χ1) is 5.64. The fourth-order valence-corrected chi connectivity index (χ4v) is 2.38. The van der Waals surface area contributed by atoms with Crippen molar-refractivity contribution in [3.63, 3.8) is 0 Å². The number of hydrogen-bond acceptors (Lipinski definition) is 0. The number of alkyl halides is 1. The Labute approximate surface area is 81.7 Å². The average Bonchev–Trinajstić information content (AvgIpc) is 2.81. The molecule has 1 aliphatic rings. The summed E-state index contributed by atoms with van der Waals surface area (Å²) < 4.78 is 0. The highest BCUT2D eigenvalue weighted by molar-refractivity contribution is 6.21. The van der Waals surface area contributed by atoms with Crippen LogP contribution >= 0.6 is 11.6 Å². The van der Waals surface area contributed by atoms with Gasteiger partial charge in [-0.1, -0.05) is 26.7 Å². The molecule has 1 heteroatoms. The van der Waals surface area contributed by atoms with E-state index in [0.29, 0.717) is 10.8 Å². The van der Waals surface area contributed by atoms with Gasteiger partial charge in [0.05, 0.1) is 0 Å². The lowest BCUT2D eigenvalue weighted by Gasteiger charge is -2.23. The Hall–Kier alpha value is 0.290. The van der Waals surface area contributed by atoms with Gasteiger partial charge in [-0.15, -0.1) is 11.6 Å². The summed E-state index contributed by atoms with van der Waals surface area (Å²) in [5.74, 6) is 0.911. The van der Waals surface area contributed by atoms with Crippen LogP contribution in [0.15, 0.2) is 0 Å². The summed E-state index contributed by atoms with van der Waals surface area (Å²) in [6.45, 7) is 6.75. The second-order valence-corrected chi connectivity index (χ2v) is 5.02. The van der Waals surface area contributed by atoms with Gasteiger partial charge in [0.25, 0.3) is 0 Å². The molecule has 0 radical (unpaired) electrons. The summed E-state index contributed by atoms with van der Waals surface area (Å²) in [6.07, 6.45) is 6.75. The third-order valence-electron chi connectivity index (χ3n) is 3.59. The van der Waals surface area contributed by atoms with Crippen LogP contribution in [0.1, 0.15) is 52.9 Å². The highest BCUT2D eigenvalue weighted by Gasteiger charge is 2.47. The van der Waals surface area contributed by atoms with Gasteiger partial charge in [0.1, 0.15) is 0 Å². The Balaban J connectivity index is 2.38. The van der Waals surface area contributed by atoms with Crippen molar-refractivity contribution in [3.05, 3.63) is 0 Å². The Morgan fingerprint density at radius 2 is 1.75 bits per heavy atom. The first kappa shape index (κ1) is 10.4. The molecule has 1 saturated carbocycles. The molecule has 1 aliphatic carbocycles. The van der Waals surface area contributed by atoms with Crippen LogP contribution in [0, 0.1) is 11.3 Å². The number of rotatable bonds is 5. The average molecular weight is 189 g/mol. The van der Waals surface area contributed by atoms with Gasteiger partial charge >= 0.3 is 0 Å². The Kier molecular flexibility index (Phi) is 3.46. The molecule has 0 heterocycles. The number of halogens is 1. The van der Waals surface area contributed by atoms with E-state index in [0.717, 1.165) is 5.92 Å². The zero-order valence-corrected chi connectivity index (χ0v) is 9.32. The summed E-state index contributed by atoms with van der Waals surface area (Å²) in [5.41, 5.74) is 0.540. The second-order valence-electron chi connectivity index (χ2n) is 4.37. The van der Waals surface area contributed by atoms with E-state index in [1.165, 1.54) is 32.1 Å². The maximum Gasteiger partial charge on any atom is 0.0364 e. The molecule has 1 atom stereocenters. The van der Waals surface area contributed by atoms with Crippen LogP contribution in [-0.4, -0.2) is 5.38 Å². The quantitative estimate of drug-likeness (QED) is 0.567. The maximum atomic E-state index is 6.19. The highest BCUT2D eigenvalue weighted by atomic mass is 35.5. The Morgan fingerprint density at radius 3 is 2.00 bits per heavy atom. The van der Waals surface area contributed by atoms with Gasteiger partial charge in [0, 0.05) is 5.38 Å². The van der Waals surface area contributed by atoms with Gasteiger partial charge in [-0.25, -0.2) is 0 Å². The molecule has 0 saturated heterocycles. The van der Waals surface area contributed by atoms with Crippen LogP contribution in [0.4, 0.5) is 0 Å². The van der Waals surface area contributed by atoms with Gasteiger partial charge in [-0.05, 0) is 37.5 Å². The van der Waals surface area contributed by atoms with Crippen LogP contribution in [0.25, 0.3) is 0 Å². The lowest BCUT2D eigenvalue weighted by molar-refractivity contribution is 0.331. The lowest BCUT2D eigenvalue weighted by atomic mass is 9.86. The summed E-state index contributed by atoms with van der Waals surface area (Å²) in [7, 11) is 0. The van der Waals surface area contributed by atoms with Crippen molar-refractivity contribution < 1.29 is 0 Å². The molecule has 1 unspecified atom stereocenters. The van der Waals surface area contributed by atoms with E-state index in [9.17, 15) is 0 Å². The van der Waals surface area contributed by atoms with Crippen LogP contribution < -0.4 is 0 Å². The van der Waals surface area contributed by atoms with E-state index in [2.05, 4.69) is 20.8 Å². The number of hydrogen-bond donors (Lipinski definition) is 0. The van der Waals surface area contributed by atoms with Crippen molar-refractivity contribution in [1.29, 1.82) is 0 Å². The molecule has 0 amide bonds. The summed E-state index contributed by atoms with van der Waals surface area (Å²) in [5, 5.41) is 0.387. The van der Waals surface area contributed by atoms with E-state index < -0.39 is 0 Å². The van der Waals surface area contributed by atoms with Gasteiger partial charge in [0.2, 0.25) is 0 Å². The van der Waals surface area contributed by atoms with E-state index >= 15 is 0 Å². The molecule has 0 bridgehead atoms. The minimum atomic E-state index is 0.387. The van der Waals surface area contributed by atoms with Crippen LogP contribution in [0.5, 0.6) is 0 Å². The predicted molar refractivity (Wildman–Crippen MR) is 55.7 cm³/mol. The molecular weight excluding hydrogens is 168 g/mol. The zero-order chi connectivity index (χ0) is 9.19. The van der Waals surface area contributed by atoms with Gasteiger partial charge < -0.3 is 0 Å². The summed E-state index contributed by atoms with van der Waals surface area (Å²) in [6, 6.07) is 0. The van der Waals surface area contributed by atoms with E-state index in [1.807, 2.05) is 0 Å². The van der Waals surface area contributed by atoms with Crippen LogP contribution in [0.3, 0.4) is 0 Å². The van der Waals surface area contributed by atoms with Crippen molar-refractivity contribution in [2.75, 3.05) is 0 Å². The monoisotopic (exact) mass is 188 g/mol. The minimum absolute atomic E-state index is 0.387. The van der Waals surface area contributed by atoms with E-state index in [-0.39, 0.29) is 0 Å². The molecule has 0 aliphatic heterocycles. The molecule has 1 fully saturated rings. The topological polar surface area (TPSA) is 0 Å². The van der Waals surface area contributed by atoms with E-state index in [1.54, 1.807) is 0 Å². The maximum absolute atomic E-state index is 6.19. The molecular formula is C11H21Cl. The smallest absolute Gasteiger partial charge is 0.0364 e. The fraction of sp³-hybridized carbons (Fsp3) is 1.00. The molecule has 12 heavy (non-hydrogen) atoms. The van der Waals surface area contributed by atoms with Gasteiger partial charge in [-0.2, -0.15) is 0 Å². The largest absolute Gasteiger partial charge is 0.123 e. The normalized spacial score (nSPS) is 22.8. The third-order valence-corrected chi connectivity index (χ3v) is 4.05. The van der Waals surface area contributed by atoms with Crippen molar-refractivity contribution >= 4 is 11.6 Å². The Bertz CT molecular complexity index is 132. The predicted octanol–water partition coefficient (Wildman–Crippen LogP) is 4.22. The standard InChI is InChI=1S/C11H21Cl/c1-4-10(5-2)8-11(6-7-11)9(3)12/h9-10H,4-8H2,1-3H3. The molecule has 0 nitrogen and oxygen atoms in total. The van der Waals surface area contributed by atoms with Crippen molar-refractivity contribution in [2.45, 2.75) is 58.3 Å². The van der Waals surface area contributed by atoms with Gasteiger partial charge in [0.15, 0.2) is 0 Å². The molecule has 1 rings (SSSR count). The molecule has 0 aromatic heterocycles. The third kappa shape index (κ3) is 2.16. The lowest BCUT2D eigenvalue weighted by Crippen LogP contribution is -2.17. The first-order valence-electron chi connectivity index (χ1n) is 5.28. The van der Waals surface area contributed by atoms with Crippen LogP contribution in [0.2, 0.25) is 0 Å². The van der Waals surface area contributed by atoms with Crippen molar-refractivity contribution in [1.82, 2.24) is 0 Å². The minimum Gasteiger partial charge on any atom is -0.123 e. The second kappa shape index (κ2) is 4.00. The summed E-state index contributed by atoms with van der Waals surface area (Å²) >= 11 is 6.19. The van der Waals surface area contributed by atoms with Crippen LogP contribution in [-0.2, 0) is 0 Å². The van der Waals surface area contributed by atoms with Crippen molar-refractivity contribution in [2.24, 2.45) is 11.3 Å². The first-order valence-corrected chi connectivity index (χ1v) is 5.72. The van der Waals surface area contributed by atoms with Gasteiger partial charge in [-0.3, -0.25) is 0 Å². The summed E-state index contributed by atoms with van der Waals surface area (Å²) in [4.78, 5) is 0. The molecule has 0 aromatic rings. The van der Waals surface area contributed by atoms with E-state index in [4.69, 9.17) is 11.6 Å². The highest BCUT2D eigenvalue weighted by Crippen LogP contribution is 2.55. The zero-order valence-electron chi connectivity index (χ0n) is 8.57. The SMILES string of the molecule is CCC(CC)CC1(C(C)Cl)CC1. The fourth-order valence-electron chi connectivity index (χ4n) is 2.08. The molecule has 72 valence electrons. The molecule has 0 aromatic carbocycles. The Morgan fingerprint density at radius 1 is 1.25 bits per heavy atom. The molecule has 0 N–H and O–H groups in total. The van der Waals surface area contributed by atoms with Crippen molar-refractivity contribution in [3.8, 4) is 0 Å². The molecule has 0 spiro atoms.